The standard InChI is InChI=1S/C11H17NS2/c1-3-9-4-5-10(14-9)6-8(2)7-11(12)13/h4-5,8H,3,6-7H2,1-2H3,(H2,12,13). The third kappa shape index (κ3) is 3.76. The van der Waals surface area contributed by atoms with Crippen LogP contribution >= 0.6 is 23.6 Å². The average molecular weight is 227 g/mol. The number of nitrogens with two attached hydrogens (primary N) is 1. The summed E-state index contributed by atoms with van der Waals surface area (Å²) in [5, 5.41) is 0. The lowest BCUT2D eigenvalue weighted by Gasteiger charge is -2.07. The van der Waals surface area contributed by atoms with Crippen molar-refractivity contribution >= 4 is 28.5 Å². The van der Waals surface area contributed by atoms with Crippen molar-refractivity contribution in [1.82, 2.24) is 0 Å². The molecule has 1 unspecified atom stereocenters. The van der Waals surface area contributed by atoms with Crippen LogP contribution in [0.25, 0.3) is 0 Å². The van der Waals surface area contributed by atoms with E-state index in [0.29, 0.717) is 10.9 Å². The largest absolute Gasteiger partial charge is 0.393 e. The average Bonchev–Trinajstić information content (AvgIpc) is 2.50. The second-order valence-corrected chi connectivity index (χ2v) is 5.48. The lowest BCUT2D eigenvalue weighted by Crippen LogP contribution is -2.13. The molecule has 1 aromatic rings. The van der Waals surface area contributed by atoms with Gasteiger partial charge in [0, 0.05) is 16.2 Å². The van der Waals surface area contributed by atoms with E-state index in [-0.39, 0.29) is 0 Å². The molecule has 0 aliphatic rings. The molecule has 1 rings (SSSR count). The van der Waals surface area contributed by atoms with Gasteiger partial charge in [-0.2, -0.15) is 0 Å². The molecule has 3 heteroatoms. The van der Waals surface area contributed by atoms with Gasteiger partial charge in [-0.25, -0.2) is 0 Å². The maximum absolute atomic E-state index is 5.51. The summed E-state index contributed by atoms with van der Waals surface area (Å²) in [5.74, 6) is 0.566. The molecule has 0 bridgehead atoms. The highest BCUT2D eigenvalue weighted by Gasteiger charge is 2.06. The van der Waals surface area contributed by atoms with Crippen LogP contribution in [0.5, 0.6) is 0 Å². The molecule has 0 saturated heterocycles. The summed E-state index contributed by atoms with van der Waals surface area (Å²) in [5.41, 5.74) is 5.51. The van der Waals surface area contributed by atoms with Gasteiger partial charge in [0.05, 0.1) is 4.99 Å². The normalized spacial score (nSPS) is 12.7. The lowest BCUT2D eigenvalue weighted by molar-refractivity contribution is 0.613. The molecule has 78 valence electrons. The Morgan fingerprint density at radius 2 is 2.14 bits per heavy atom. The zero-order chi connectivity index (χ0) is 10.6. The van der Waals surface area contributed by atoms with Gasteiger partial charge in [0.2, 0.25) is 0 Å². The fourth-order valence-electron chi connectivity index (χ4n) is 1.48. The Balaban J connectivity index is 2.47. The summed E-state index contributed by atoms with van der Waals surface area (Å²) in [6.07, 6.45) is 3.09. The van der Waals surface area contributed by atoms with Crippen molar-refractivity contribution in [2.45, 2.75) is 33.1 Å². The van der Waals surface area contributed by atoms with E-state index in [9.17, 15) is 0 Å². The Kier molecular flexibility index (Phi) is 4.55. The maximum Gasteiger partial charge on any atom is 0.0730 e. The Morgan fingerprint density at radius 1 is 1.50 bits per heavy atom. The summed E-state index contributed by atoms with van der Waals surface area (Å²) in [6.45, 7) is 4.39. The van der Waals surface area contributed by atoms with Crippen molar-refractivity contribution in [3.8, 4) is 0 Å². The molecule has 0 aromatic carbocycles. The number of thiocarbonyl (C=S) groups is 1. The lowest BCUT2D eigenvalue weighted by atomic mass is 10.0. The monoisotopic (exact) mass is 227 g/mol. The first-order chi connectivity index (χ1) is 6.61. The zero-order valence-electron chi connectivity index (χ0n) is 8.75. The van der Waals surface area contributed by atoms with Gasteiger partial charge in [-0.3, -0.25) is 0 Å². The molecular formula is C11H17NS2. The molecule has 1 heterocycles. The molecule has 0 saturated carbocycles. The minimum absolute atomic E-state index is 0.566. The maximum atomic E-state index is 5.51. The van der Waals surface area contributed by atoms with Crippen LogP contribution in [0.3, 0.4) is 0 Å². The third-order valence-corrected chi connectivity index (χ3v) is 3.58. The molecular weight excluding hydrogens is 210 g/mol. The van der Waals surface area contributed by atoms with E-state index < -0.39 is 0 Å². The van der Waals surface area contributed by atoms with Crippen LogP contribution in [0.4, 0.5) is 0 Å². The number of aryl methyl sites for hydroxylation is 1. The first kappa shape index (κ1) is 11.7. The molecule has 2 N–H and O–H groups in total. The van der Waals surface area contributed by atoms with Gasteiger partial charge in [-0.15, -0.1) is 11.3 Å². The molecule has 0 aliphatic carbocycles. The Labute approximate surface area is 95.3 Å². The van der Waals surface area contributed by atoms with Gasteiger partial charge >= 0.3 is 0 Å². The summed E-state index contributed by atoms with van der Waals surface area (Å²) in [7, 11) is 0. The molecule has 0 spiro atoms. The quantitative estimate of drug-likeness (QED) is 0.782. The van der Waals surface area contributed by atoms with Crippen LogP contribution < -0.4 is 5.73 Å². The van der Waals surface area contributed by atoms with Gasteiger partial charge in [0.15, 0.2) is 0 Å². The van der Waals surface area contributed by atoms with Gasteiger partial charge in [-0.1, -0.05) is 26.1 Å². The van der Waals surface area contributed by atoms with Gasteiger partial charge in [0.1, 0.15) is 0 Å². The van der Waals surface area contributed by atoms with Crippen LogP contribution in [-0.2, 0) is 12.8 Å². The first-order valence-corrected chi connectivity index (χ1v) is 6.20. The number of rotatable bonds is 5. The third-order valence-electron chi connectivity index (χ3n) is 2.17. The van der Waals surface area contributed by atoms with Crippen LogP contribution in [0.2, 0.25) is 0 Å². The minimum Gasteiger partial charge on any atom is -0.393 e. The van der Waals surface area contributed by atoms with Crippen LogP contribution in [-0.4, -0.2) is 4.99 Å². The van der Waals surface area contributed by atoms with Crippen molar-refractivity contribution < 1.29 is 0 Å². The zero-order valence-corrected chi connectivity index (χ0v) is 10.4. The summed E-state index contributed by atoms with van der Waals surface area (Å²) in [6, 6.07) is 4.44. The highest BCUT2D eigenvalue weighted by molar-refractivity contribution is 7.80. The molecule has 0 radical (unpaired) electrons. The second-order valence-electron chi connectivity index (χ2n) is 3.70. The van der Waals surface area contributed by atoms with Gasteiger partial charge < -0.3 is 5.73 Å². The van der Waals surface area contributed by atoms with Crippen molar-refractivity contribution in [2.75, 3.05) is 0 Å². The fraction of sp³-hybridized carbons (Fsp3) is 0.545. The Morgan fingerprint density at radius 3 is 2.64 bits per heavy atom. The highest BCUT2D eigenvalue weighted by Crippen LogP contribution is 2.21. The van der Waals surface area contributed by atoms with E-state index in [1.165, 1.54) is 9.75 Å². The predicted octanol–water partition coefficient (Wildman–Crippen LogP) is 3.17. The summed E-state index contributed by atoms with van der Waals surface area (Å²) in [4.78, 5) is 3.54. The molecule has 1 aromatic heterocycles. The first-order valence-electron chi connectivity index (χ1n) is 4.97. The molecule has 1 atom stereocenters. The highest BCUT2D eigenvalue weighted by atomic mass is 32.1. The second kappa shape index (κ2) is 5.47. The van der Waals surface area contributed by atoms with Crippen LogP contribution in [0, 0.1) is 5.92 Å². The number of hydrogen-bond donors (Lipinski definition) is 1. The number of hydrogen-bond acceptors (Lipinski definition) is 2. The Hall–Kier alpha value is -0.410. The van der Waals surface area contributed by atoms with Crippen LogP contribution in [0.15, 0.2) is 12.1 Å². The fourth-order valence-corrected chi connectivity index (χ4v) is 2.89. The Bertz CT molecular complexity index is 304. The topological polar surface area (TPSA) is 26.0 Å². The van der Waals surface area contributed by atoms with E-state index in [1.54, 1.807) is 0 Å². The SMILES string of the molecule is CCc1ccc(CC(C)CC(N)=S)s1. The van der Waals surface area contributed by atoms with Crippen LogP contribution in [0.1, 0.15) is 30.0 Å². The minimum atomic E-state index is 0.566. The van der Waals surface area contributed by atoms with E-state index in [0.717, 1.165) is 19.3 Å². The number of thiophene rings is 1. The summed E-state index contributed by atoms with van der Waals surface area (Å²) < 4.78 is 0. The van der Waals surface area contributed by atoms with E-state index in [1.807, 2.05) is 11.3 Å². The van der Waals surface area contributed by atoms with Crippen molar-refractivity contribution in [2.24, 2.45) is 11.7 Å². The predicted molar refractivity (Wildman–Crippen MR) is 68.0 cm³/mol. The molecule has 14 heavy (non-hydrogen) atoms. The van der Waals surface area contributed by atoms with Crippen molar-refractivity contribution in [3.05, 3.63) is 21.9 Å². The van der Waals surface area contributed by atoms with Crippen molar-refractivity contribution in [3.63, 3.8) is 0 Å². The van der Waals surface area contributed by atoms with Crippen molar-refractivity contribution in [1.29, 1.82) is 0 Å². The molecule has 0 fully saturated rings. The van der Waals surface area contributed by atoms with E-state index in [4.69, 9.17) is 18.0 Å². The molecule has 1 nitrogen and oxygen atoms in total. The molecule has 0 aliphatic heterocycles. The van der Waals surface area contributed by atoms with Gasteiger partial charge in [0.25, 0.3) is 0 Å². The summed E-state index contributed by atoms with van der Waals surface area (Å²) >= 11 is 6.80. The van der Waals surface area contributed by atoms with E-state index >= 15 is 0 Å². The smallest absolute Gasteiger partial charge is 0.0730 e. The van der Waals surface area contributed by atoms with E-state index in [2.05, 4.69) is 26.0 Å². The van der Waals surface area contributed by atoms with Gasteiger partial charge in [-0.05, 0) is 30.9 Å². The molecule has 0 amide bonds.